The summed E-state index contributed by atoms with van der Waals surface area (Å²) in [7, 11) is -3.30. The Kier molecular flexibility index (Phi) is 6.47. The molecule has 1 unspecified atom stereocenters. The monoisotopic (exact) mass is 317 g/mol. The SMILES string of the molecule is CCNCC1CCCCN1S(=O)(=O)N(CC)CC1CCC1. The second-order valence-corrected chi connectivity index (χ2v) is 8.20. The van der Waals surface area contributed by atoms with Gasteiger partial charge in [-0.2, -0.15) is 17.0 Å². The molecule has 2 fully saturated rings. The Morgan fingerprint density at radius 3 is 2.48 bits per heavy atom. The van der Waals surface area contributed by atoms with E-state index in [0.717, 1.165) is 32.4 Å². The van der Waals surface area contributed by atoms with E-state index in [1.54, 1.807) is 8.61 Å². The van der Waals surface area contributed by atoms with Crippen LogP contribution >= 0.6 is 0 Å². The quantitative estimate of drug-likeness (QED) is 0.743. The van der Waals surface area contributed by atoms with Crippen LogP contribution in [0.15, 0.2) is 0 Å². The van der Waals surface area contributed by atoms with Crippen molar-refractivity contribution >= 4 is 10.2 Å². The van der Waals surface area contributed by atoms with Crippen molar-refractivity contribution < 1.29 is 8.42 Å². The molecule has 5 nitrogen and oxygen atoms in total. The van der Waals surface area contributed by atoms with Crippen LogP contribution < -0.4 is 5.32 Å². The molecule has 2 aliphatic rings. The lowest BCUT2D eigenvalue weighted by Crippen LogP contribution is -2.54. The highest BCUT2D eigenvalue weighted by atomic mass is 32.2. The second kappa shape index (κ2) is 7.90. The summed E-state index contributed by atoms with van der Waals surface area (Å²) in [6.45, 7) is 7.67. The zero-order valence-electron chi connectivity index (χ0n) is 13.6. The highest BCUT2D eigenvalue weighted by molar-refractivity contribution is 7.86. The predicted molar refractivity (Wildman–Crippen MR) is 86.4 cm³/mol. The van der Waals surface area contributed by atoms with Crippen molar-refractivity contribution in [1.82, 2.24) is 13.9 Å². The van der Waals surface area contributed by atoms with Crippen LogP contribution in [-0.4, -0.2) is 55.8 Å². The molecule has 0 aromatic rings. The van der Waals surface area contributed by atoms with E-state index in [1.165, 1.54) is 19.3 Å². The summed E-state index contributed by atoms with van der Waals surface area (Å²) >= 11 is 0. The molecule has 0 bridgehead atoms. The minimum Gasteiger partial charge on any atom is -0.315 e. The molecular formula is C15H31N3O2S. The molecule has 6 heteroatoms. The molecule has 124 valence electrons. The smallest absolute Gasteiger partial charge is 0.282 e. The van der Waals surface area contributed by atoms with Gasteiger partial charge in [0.15, 0.2) is 0 Å². The zero-order valence-corrected chi connectivity index (χ0v) is 14.4. The number of piperidine rings is 1. The van der Waals surface area contributed by atoms with Gasteiger partial charge in [0.2, 0.25) is 0 Å². The van der Waals surface area contributed by atoms with E-state index in [9.17, 15) is 8.42 Å². The summed E-state index contributed by atoms with van der Waals surface area (Å²) in [5.41, 5.74) is 0. The van der Waals surface area contributed by atoms with Crippen LogP contribution in [0.3, 0.4) is 0 Å². The van der Waals surface area contributed by atoms with Crippen LogP contribution in [0.2, 0.25) is 0 Å². The molecule has 0 amide bonds. The van der Waals surface area contributed by atoms with Crippen molar-refractivity contribution in [2.24, 2.45) is 5.92 Å². The van der Waals surface area contributed by atoms with Gasteiger partial charge in [0, 0.05) is 32.2 Å². The van der Waals surface area contributed by atoms with E-state index in [-0.39, 0.29) is 6.04 Å². The lowest BCUT2D eigenvalue weighted by Gasteiger charge is -2.39. The Bertz CT molecular complexity index is 409. The third kappa shape index (κ3) is 4.18. The highest BCUT2D eigenvalue weighted by Crippen LogP contribution is 2.29. The number of nitrogens with one attached hydrogen (secondary N) is 1. The van der Waals surface area contributed by atoms with Gasteiger partial charge in [-0.1, -0.05) is 26.7 Å². The van der Waals surface area contributed by atoms with Crippen LogP contribution in [0.25, 0.3) is 0 Å². The van der Waals surface area contributed by atoms with Gasteiger partial charge in [-0.15, -0.1) is 0 Å². The summed E-state index contributed by atoms with van der Waals surface area (Å²) in [6.07, 6.45) is 6.74. The summed E-state index contributed by atoms with van der Waals surface area (Å²) in [5, 5.41) is 3.32. The molecule has 0 spiro atoms. The summed E-state index contributed by atoms with van der Waals surface area (Å²) < 4.78 is 29.5. The maximum Gasteiger partial charge on any atom is 0.282 e. The van der Waals surface area contributed by atoms with Gasteiger partial charge >= 0.3 is 0 Å². The molecule has 21 heavy (non-hydrogen) atoms. The molecule has 1 aliphatic heterocycles. The lowest BCUT2D eigenvalue weighted by atomic mass is 9.85. The third-order valence-corrected chi connectivity index (χ3v) is 7.00. The van der Waals surface area contributed by atoms with Gasteiger partial charge in [0.25, 0.3) is 10.2 Å². The standard InChI is InChI=1S/C15H31N3O2S/c1-3-16-12-15-10-5-6-11-18(15)21(19,20)17(4-2)13-14-8-7-9-14/h14-16H,3-13H2,1-2H3. The van der Waals surface area contributed by atoms with E-state index in [0.29, 0.717) is 25.6 Å². The van der Waals surface area contributed by atoms with E-state index >= 15 is 0 Å². The molecule has 0 aromatic carbocycles. The normalized spacial score (nSPS) is 25.2. The van der Waals surface area contributed by atoms with E-state index < -0.39 is 10.2 Å². The maximum absolute atomic E-state index is 13.0. The average molecular weight is 317 g/mol. The molecule has 0 aromatic heterocycles. The Labute approximate surface area is 130 Å². The predicted octanol–water partition coefficient (Wildman–Crippen LogP) is 1.82. The van der Waals surface area contributed by atoms with Crippen LogP contribution in [0.5, 0.6) is 0 Å². The fraction of sp³-hybridized carbons (Fsp3) is 1.00. The van der Waals surface area contributed by atoms with Gasteiger partial charge in [0.1, 0.15) is 0 Å². The summed E-state index contributed by atoms with van der Waals surface area (Å²) in [4.78, 5) is 0. The average Bonchev–Trinajstić information content (AvgIpc) is 2.44. The van der Waals surface area contributed by atoms with Gasteiger partial charge < -0.3 is 5.32 Å². The highest BCUT2D eigenvalue weighted by Gasteiger charge is 2.37. The Balaban J connectivity index is 2.05. The second-order valence-electron chi connectivity index (χ2n) is 6.32. The number of hydrogen-bond acceptors (Lipinski definition) is 3. The number of rotatable bonds is 8. The molecule has 1 aliphatic carbocycles. The molecule has 1 atom stereocenters. The lowest BCUT2D eigenvalue weighted by molar-refractivity contribution is 0.205. The first-order chi connectivity index (χ1) is 10.1. The summed E-state index contributed by atoms with van der Waals surface area (Å²) in [5.74, 6) is 0.580. The van der Waals surface area contributed by atoms with Crippen molar-refractivity contribution in [2.75, 3.05) is 32.7 Å². The topological polar surface area (TPSA) is 52.7 Å². The van der Waals surface area contributed by atoms with Crippen molar-refractivity contribution in [2.45, 2.75) is 58.4 Å². The Hall–Kier alpha value is -0.170. The fourth-order valence-electron chi connectivity index (χ4n) is 3.29. The first-order valence-corrected chi connectivity index (χ1v) is 9.96. The first-order valence-electron chi connectivity index (χ1n) is 8.57. The molecule has 1 saturated carbocycles. The minimum atomic E-state index is -3.30. The van der Waals surface area contributed by atoms with Gasteiger partial charge in [-0.3, -0.25) is 0 Å². The largest absolute Gasteiger partial charge is 0.315 e. The van der Waals surface area contributed by atoms with Crippen molar-refractivity contribution in [1.29, 1.82) is 0 Å². The molecule has 1 saturated heterocycles. The van der Waals surface area contributed by atoms with Crippen LogP contribution in [0.4, 0.5) is 0 Å². The van der Waals surface area contributed by atoms with Gasteiger partial charge in [0.05, 0.1) is 0 Å². The van der Waals surface area contributed by atoms with Crippen LogP contribution in [0.1, 0.15) is 52.4 Å². The van der Waals surface area contributed by atoms with Gasteiger partial charge in [-0.05, 0) is 38.1 Å². The molecule has 1 N–H and O–H groups in total. The number of hydrogen-bond donors (Lipinski definition) is 1. The Morgan fingerprint density at radius 1 is 1.14 bits per heavy atom. The summed E-state index contributed by atoms with van der Waals surface area (Å²) in [6, 6.07) is 0.124. The van der Waals surface area contributed by atoms with Crippen LogP contribution in [-0.2, 0) is 10.2 Å². The molecule has 1 heterocycles. The van der Waals surface area contributed by atoms with E-state index in [1.807, 2.05) is 6.92 Å². The fourth-order valence-corrected chi connectivity index (χ4v) is 5.23. The third-order valence-electron chi connectivity index (χ3n) is 4.87. The van der Waals surface area contributed by atoms with Crippen molar-refractivity contribution in [3.8, 4) is 0 Å². The molecule has 0 radical (unpaired) electrons. The van der Waals surface area contributed by atoms with Gasteiger partial charge in [-0.25, -0.2) is 0 Å². The van der Waals surface area contributed by atoms with E-state index in [2.05, 4.69) is 12.2 Å². The number of nitrogens with zero attached hydrogens (tertiary/aromatic N) is 2. The van der Waals surface area contributed by atoms with Crippen LogP contribution in [0, 0.1) is 5.92 Å². The minimum absolute atomic E-state index is 0.124. The molecule has 2 rings (SSSR count). The Morgan fingerprint density at radius 2 is 1.90 bits per heavy atom. The maximum atomic E-state index is 13.0. The number of likely N-dealkylation sites (N-methyl/N-ethyl adjacent to an activating group) is 1. The zero-order chi connectivity index (χ0) is 15.3. The molecular weight excluding hydrogens is 286 g/mol. The van der Waals surface area contributed by atoms with Crippen molar-refractivity contribution in [3.05, 3.63) is 0 Å². The first kappa shape index (κ1) is 17.2. The van der Waals surface area contributed by atoms with E-state index in [4.69, 9.17) is 0 Å². The van der Waals surface area contributed by atoms with Crippen molar-refractivity contribution in [3.63, 3.8) is 0 Å².